The number of hydrogen-bond donors (Lipinski definition) is 1. The van der Waals surface area contributed by atoms with Crippen LogP contribution in [-0.2, 0) is 16.0 Å². The molecule has 122 valence electrons. The maximum Gasteiger partial charge on any atom is 0.227 e. The summed E-state index contributed by atoms with van der Waals surface area (Å²) in [7, 11) is 0. The Morgan fingerprint density at radius 2 is 2.26 bits per heavy atom. The van der Waals surface area contributed by atoms with Gasteiger partial charge in [0.15, 0.2) is 11.6 Å². The number of hydrogen-bond acceptors (Lipinski definition) is 3. The van der Waals surface area contributed by atoms with Crippen molar-refractivity contribution < 1.29 is 18.3 Å². The van der Waals surface area contributed by atoms with Crippen molar-refractivity contribution in [1.29, 1.82) is 0 Å². The summed E-state index contributed by atoms with van der Waals surface area (Å²) in [5.74, 6) is -1.32. The second-order valence-corrected chi connectivity index (χ2v) is 5.58. The fourth-order valence-corrected chi connectivity index (χ4v) is 2.57. The number of rotatable bonds is 3. The lowest BCUT2D eigenvalue weighted by molar-refractivity contribution is -0.138. The van der Waals surface area contributed by atoms with Crippen LogP contribution in [0.5, 0.6) is 0 Å². The van der Waals surface area contributed by atoms with Crippen molar-refractivity contribution in [1.82, 2.24) is 14.9 Å². The van der Waals surface area contributed by atoms with Gasteiger partial charge >= 0.3 is 0 Å². The first-order chi connectivity index (χ1) is 11.0. The lowest BCUT2D eigenvalue weighted by Gasteiger charge is -2.32. The van der Waals surface area contributed by atoms with Gasteiger partial charge in [0.25, 0.3) is 0 Å². The molecule has 2 heterocycles. The number of nitrogens with one attached hydrogen (secondary N) is 1. The van der Waals surface area contributed by atoms with E-state index in [1.165, 1.54) is 6.07 Å². The number of nitrogens with zero attached hydrogens (tertiary/aromatic N) is 2. The molecule has 1 aliphatic heterocycles. The first-order valence-electron chi connectivity index (χ1n) is 7.38. The third kappa shape index (κ3) is 3.56. The quantitative estimate of drug-likeness (QED) is 0.942. The zero-order valence-corrected chi connectivity index (χ0v) is 12.7. The molecule has 0 aliphatic carbocycles. The van der Waals surface area contributed by atoms with E-state index in [-0.39, 0.29) is 18.4 Å². The molecule has 1 N–H and O–H groups in total. The van der Waals surface area contributed by atoms with Crippen molar-refractivity contribution in [2.24, 2.45) is 0 Å². The second-order valence-electron chi connectivity index (χ2n) is 5.58. The Hall–Kier alpha value is -2.28. The molecule has 1 aromatic heterocycles. The molecule has 7 heteroatoms. The number of benzene rings is 1. The van der Waals surface area contributed by atoms with Gasteiger partial charge in [0.05, 0.1) is 19.6 Å². The van der Waals surface area contributed by atoms with Gasteiger partial charge in [0.1, 0.15) is 11.9 Å². The number of morpholine rings is 1. The third-order valence-corrected chi connectivity index (χ3v) is 3.79. The van der Waals surface area contributed by atoms with Crippen LogP contribution in [0.3, 0.4) is 0 Å². The summed E-state index contributed by atoms with van der Waals surface area (Å²) in [5, 5.41) is 0. The number of halogens is 2. The van der Waals surface area contributed by atoms with Crippen LogP contribution >= 0.6 is 0 Å². The summed E-state index contributed by atoms with van der Waals surface area (Å²) >= 11 is 0. The molecule has 23 heavy (non-hydrogen) atoms. The Bertz CT molecular complexity index is 717. The summed E-state index contributed by atoms with van der Waals surface area (Å²) < 4.78 is 31.8. The number of aryl methyl sites for hydroxylation is 1. The molecule has 5 nitrogen and oxygen atoms in total. The maximum absolute atomic E-state index is 13.2. The Morgan fingerprint density at radius 1 is 1.43 bits per heavy atom. The normalized spacial score (nSPS) is 18.2. The summed E-state index contributed by atoms with van der Waals surface area (Å²) in [6.45, 7) is 3.16. The lowest BCUT2D eigenvalue weighted by Crippen LogP contribution is -2.43. The first-order valence-corrected chi connectivity index (χ1v) is 7.38. The molecule has 0 bridgehead atoms. The second kappa shape index (κ2) is 6.45. The predicted molar refractivity (Wildman–Crippen MR) is 78.7 cm³/mol. The van der Waals surface area contributed by atoms with Crippen LogP contribution in [0.2, 0.25) is 0 Å². The number of carbonyl (C=O) groups excluding carboxylic acids is 1. The molecular formula is C16H17F2N3O2. The van der Waals surface area contributed by atoms with Gasteiger partial charge in [0.2, 0.25) is 5.91 Å². The molecule has 2 aromatic rings. The zero-order chi connectivity index (χ0) is 16.4. The molecule has 1 aromatic carbocycles. The largest absolute Gasteiger partial charge is 0.367 e. The van der Waals surface area contributed by atoms with E-state index in [4.69, 9.17) is 4.74 Å². The highest BCUT2D eigenvalue weighted by atomic mass is 19.2. The summed E-state index contributed by atoms with van der Waals surface area (Å²) in [4.78, 5) is 21.4. The fourth-order valence-electron chi connectivity index (χ4n) is 2.57. The van der Waals surface area contributed by atoms with Gasteiger partial charge in [-0.25, -0.2) is 13.8 Å². The third-order valence-electron chi connectivity index (χ3n) is 3.79. The first kappa shape index (κ1) is 15.6. The number of aromatic nitrogens is 2. The maximum atomic E-state index is 13.2. The van der Waals surface area contributed by atoms with Crippen molar-refractivity contribution in [3.63, 3.8) is 0 Å². The van der Waals surface area contributed by atoms with Crippen LogP contribution in [0.25, 0.3) is 0 Å². The average Bonchev–Trinajstić information content (AvgIpc) is 2.98. The minimum atomic E-state index is -0.943. The molecule has 1 atom stereocenters. The van der Waals surface area contributed by atoms with Crippen molar-refractivity contribution in [3.05, 3.63) is 53.1 Å². The van der Waals surface area contributed by atoms with Crippen LogP contribution in [0.4, 0.5) is 8.78 Å². The molecule has 1 saturated heterocycles. The highest BCUT2D eigenvalue weighted by molar-refractivity contribution is 5.78. The summed E-state index contributed by atoms with van der Waals surface area (Å²) in [6, 6.07) is 3.51. The van der Waals surface area contributed by atoms with Crippen molar-refractivity contribution in [2.75, 3.05) is 19.7 Å². The van der Waals surface area contributed by atoms with E-state index in [9.17, 15) is 13.6 Å². The minimum absolute atomic E-state index is 0.0289. The van der Waals surface area contributed by atoms with Crippen molar-refractivity contribution in [2.45, 2.75) is 19.4 Å². The number of H-pyrrole nitrogens is 1. The molecule has 0 spiro atoms. The Kier molecular flexibility index (Phi) is 4.38. The Balaban J connectivity index is 1.65. The Labute approximate surface area is 132 Å². The van der Waals surface area contributed by atoms with E-state index in [0.717, 1.165) is 17.8 Å². The van der Waals surface area contributed by atoms with E-state index in [1.807, 2.05) is 6.92 Å². The number of carbonyl (C=O) groups is 1. The smallest absolute Gasteiger partial charge is 0.227 e. The van der Waals surface area contributed by atoms with Gasteiger partial charge in [-0.3, -0.25) is 4.79 Å². The van der Waals surface area contributed by atoms with E-state index in [0.29, 0.717) is 31.1 Å². The van der Waals surface area contributed by atoms with Crippen LogP contribution in [0.15, 0.2) is 24.4 Å². The van der Waals surface area contributed by atoms with Gasteiger partial charge in [-0.2, -0.15) is 0 Å². The molecule has 1 aliphatic rings. The molecule has 0 radical (unpaired) electrons. The Morgan fingerprint density at radius 3 is 2.96 bits per heavy atom. The number of amides is 1. The molecule has 3 rings (SSSR count). The number of ether oxygens (including phenoxy) is 1. The van der Waals surface area contributed by atoms with Crippen LogP contribution in [0, 0.1) is 18.6 Å². The van der Waals surface area contributed by atoms with Crippen LogP contribution in [-0.4, -0.2) is 40.5 Å². The number of aromatic amines is 1. The SMILES string of the molecule is Cc1cnc(C2CN(C(=O)Cc3ccc(F)c(F)c3)CCO2)[nH]1. The molecule has 0 saturated carbocycles. The van der Waals surface area contributed by atoms with Gasteiger partial charge in [0, 0.05) is 18.4 Å². The van der Waals surface area contributed by atoms with E-state index >= 15 is 0 Å². The van der Waals surface area contributed by atoms with Crippen molar-refractivity contribution >= 4 is 5.91 Å². The van der Waals surface area contributed by atoms with E-state index in [1.54, 1.807) is 11.1 Å². The topological polar surface area (TPSA) is 58.2 Å². The van der Waals surface area contributed by atoms with Gasteiger partial charge < -0.3 is 14.6 Å². The van der Waals surface area contributed by atoms with Gasteiger partial charge in [-0.15, -0.1) is 0 Å². The molecule has 1 fully saturated rings. The number of imidazole rings is 1. The lowest BCUT2D eigenvalue weighted by atomic mass is 10.1. The predicted octanol–water partition coefficient (Wildman–Crippen LogP) is 2.14. The summed E-state index contributed by atoms with van der Waals surface area (Å²) in [6.07, 6.45) is 1.44. The van der Waals surface area contributed by atoms with Crippen LogP contribution in [0.1, 0.15) is 23.2 Å². The highest BCUT2D eigenvalue weighted by Gasteiger charge is 2.27. The standard InChI is InChI=1S/C16H17F2N3O2/c1-10-8-19-16(20-10)14-9-21(4-5-23-14)15(22)7-11-2-3-12(17)13(18)6-11/h2-3,6,8,14H,4-5,7,9H2,1H3,(H,19,20). The summed E-state index contributed by atoms with van der Waals surface area (Å²) in [5.41, 5.74) is 1.37. The molecule has 1 unspecified atom stereocenters. The van der Waals surface area contributed by atoms with E-state index < -0.39 is 11.6 Å². The van der Waals surface area contributed by atoms with Gasteiger partial charge in [-0.1, -0.05) is 6.07 Å². The zero-order valence-electron chi connectivity index (χ0n) is 12.7. The fraction of sp³-hybridized carbons (Fsp3) is 0.375. The van der Waals surface area contributed by atoms with E-state index in [2.05, 4.69) is 9.97 Å². The molecular weight excluding hydrogens is 304 g/mol. The van der Waals surface area contributed by atoms with Crippen LogP contribution < -0.4 is 0 Å². The monoisotopic (exact) mass is 321 g/mol. The van der Waals surface area contributed by atoms with Crippen molar-refractivity contribution in [3.8, 4) is 0 Å². The molecule has 1 amide bonds. The van der Waals surface area contributed by atoms with Gasteiger partial charge in [-0.05, 0) is 24.6 Å². The average molecular weight is 321 g/mol. The minimum Gasteiger partial charge on any atom is -0.367 e. The highest BCUT2D eigenvalue weighted by Crippen LogP contribution is 2.20.